The Bertz CT molecular complexity index is 349. The molecule has 0 N–H and O–H groups in total. The molecule has 1 atom stereocenters. The molecule has 0 heterocycles. The summed E-state index contributed by atoms with van der Waals surface area (Å²) >= 11 is 0. The van der Waals surface area contributed by atoms with Gasteiger partial charge in [0.1, 0.15) is 11.5 Å². The van der Waals surface area contributed by atoms with Crippen molar-refractivity contribution in [2.75, 3.05) is 0 Å². The van der Waals surface area contributed by atoms with Gasteiger partial charge in [-0.3, -0.25) is 0 Å². The van der Waals surface area contributed by atoms with Gasteiger partial charge in [-0.05, 0) is 24.6 Å². The van der Waals surface area contributed by atoms with E-state index in [1.54, 1.807) is 0 Å². The number of rotatable bonds is 2. The highest BCUT2D eigenvalue weighted by Crippen LogP contribution is 2.23. The van der Waals surface area contributed by atoms with Crippen LogP contribution in [0.15, 0.2) is 54.3 Å². The number of benzene rings is 1. The number of allylic oxidation sites excluding steroid dienone is 4. The van der Waals surface area contributed by atoms with Gasteiger partial charge >= 0.3 is 0 Å². The Kier molecular flexibility index (Phi) is 2.68. The molecule has 2 rings (SSSR count). The van der Waals surface area contributed by atoms with E-state index in [1.807, 2.05) is 36.4 Å². The van der Waals surface area contributed by atoms with Gasteiger partial charge in [0, 0.05) is 5.92 Å². The Labute approximate surface area is 84.7 Å². The van der Waals surface area contributed by atoms with Crippen molar-refractivity contribution in [3.05, 3.63) is 54.3 Å². The molecule has 0 fully saturated rings. The van der Waals surface area contributed by atoms with Gasteiger partial charge in [0.05, 0.1) is 0 Å². The molecule has 0 saturated heterocycles. The van der Waals surface area contributed by atoms with Gasteiger partial charge in [0.25, 0.3) is 0 Å². The van der Waals surface area contributed by atoms with Crippen LogP contribution < -0.4 is 4.74 Å². The van der Waals surface area contributed by atoms with E-state index in [4.69, 9.17) is 4.74 Å². The van der Waals surface area contributed by atoms with Crippen molar-refractivity contribution < 1.29 is 4.74 Å². The summed E-state index contributed by atoms with van der Waals surface area (Å²) in [7, 11) is 0. The van der Waals surface area contributed by atoms with E-state index in [2.05, 4.69) is 19.1 Å². The molecular weight excluding hydrogens is 172 g/mol. The Morgan fingerprint density at radius 3 is 2.71 bits per heavy atom. The van der Waals surface area contributed by atoms with E-state index in [1.165, 1.54) is 0 Å². The molecule has 0 saturated carbocycles. The minimum Gasteiger partial charge on any atom is -0.461 e. The fourth-order valence-electron chi connectivity index (χ4n) is 1.49. The second kappa shape index (κ2) is 4.14. The summed E-state index contributed by atoms with van der Waals surface area (Å²) in [5.74, 6) is 2.46. The molecule has 0 amide bonds. The zero-order valence-electron chi connectivity index (χ0n) is 8.31. The van der Waals surface area contributed by atoms with Crippen molar-refractivity contribution in [1.82, 2.24) is 0 Å². The lowest BCUT2D eigenvalue weighted by Gasteiger charge is -2.17. The number of para-hydroxylation sites is 1. The average Bonchev–Trinajstić information content (AvgIpc) is 2.23. The lowest BCUT2D eigenvalue weighted by atomic mass is 10.0. The molecule has 1 nitrogen and oxygen atoms in total. The van der Waals surface area contributed by atoms with E-state index in [0.717, 1.165) is 17.9 Å². The van der Waals surface area contributed by atoms with Gasteiger partial charge in [-0.2, -0.15) is 0 Å². The standard InChI is InChI=1S/C13H14O/c1-11-7-5-6-10-13(11)14-12-8-3-2-4-9-12/h2-6,8-11H,7H2,1H3. The fraction of sp³-hybridized carbons (Fsp3) is 0.231. The van der Waals surface area contributed by atoms with Crippen molar-refractivity contribution >= 4 is 0 Å². The summed E-state index contributed by atoms with van der Waals surface area (Å²) in [4.78, 5) is 0. The predicted octanol–water partition coefficient (Wildman–Crippen LogP) is 3.55. The molecule has 72 valence electrons. The first-order chi connectivity index (χ1) is 6.86. The quantitative estimate of drug-likeness (QED) is 0.686. The van der Waals surface area contributed by atoms with Crippen LogP contribution in [0.1, 0.15) is 13.3 Å². The largest absolute Gasteiger partial charge is 0.461 e. The number of hydrogen-bond acceptors (Lipinski definition) is 1. The maximum absolute atomic E-state index is 5.78. The van der Waals surface area contributed by atoms with Crippen molar-refractivity contribution in [2.45, 2.75) is 13.3 Å². The molecule has 1 aliphatic carbocycles. The second-order valence-electron chi connectivity index (χ2n) is 3.55. The van der Waals surface area contributed by atoms with Gasteiger partial charge < -0.3 is 4.74 Å². The lowest BCUT2D eigenvalue weighted by molar-refractivity contribution is 0.355. The molecule has 0 aromatic heterocycles. The minimum absolute atomic E-state index is 0.486. The summed E-state index contributed by atoms with van der Waals surface area (Å²) < 4.78 is 5.78. The fourth-order valence-corrected chi connectivity index (χ4v) is 1.49. The van der Waals surface area contributed by atoms with Crippen molar-refractivity contribution in [3.8, 4) is 5.75 Å². The summed E-state index contributed by atoms with van der Waals surface area (Å²) in [6, 6.07) is 9.92. The lowest BCUT2D eigenvalue weighted by Crippen LogP contribution is -2.07. The molecule has 1 aromatic carbocycles. The summed E-state index contributed by atoms with van der Waals surface area (Å²) in [6.45, 7) is 2.18. The van der Waals surface area contributed by atoms with E-state index in [0.29, 0.717) is 5.92 Å². The van der Waals surface area contributed by atoms with Gasteiger partial charge in [-0.25, -0.2) is 0 Å². The van der Waals surface area contributed by atoms with Crippen LogP contribution in [0.5, 0.6) is 5.75 Å². The maximum Gasteiger partial charge on any atom is 0.126 e. The highest BCUT2D eigenvalue weighted by Gasteiger charge is 2.11. The monoisotopic (exact) mass is 186 g/mol. The van der Waals surface area contributed by atoms with E-state index in [9.17, 15) is 0 Å². The zero-order valence-corrected chi connectivity index (χ0v) is 8.31. The Morgan fingerprint density at radius 2 is 2.00 bits per heavy atom. The summed E-state index contributed by atoms with van der Waals surface area (Å²) in [6.07, 6.45) is 7.33. The highest BCUT2D eigenvalue weighted by atomic mass is 16.5. The highest BCUT2D eigenvalue weighted by molar-refractivity contribution is 5.26. The first-order valence-electron chi connectivity index (χ1n) is 4.96. The molecule has 1 unspecified atom stereocenters. The number of ether oxygens (including phenoxy) is 1. The molecule has 14 heavy (non-hydrogen) atoms. The maximum atomic E-state index is 5.78. The third-order valence-corrected chi connectivity index (χ3v) is 2.35. The smallest absolute Gasteiger partial charge is 0.126 e. The summed E-state index contributed by atoms with van der Waals surface area (Å²) in [5, 5.41) is 0. The van der Waals surface area contributed by atoms with Crippen LogP contribution in [0.25, 0.3) is 0 Å². The van der Waals surface area contributed by atoms with E-state index >= 15 is 0 Å². The van der Waals surface area contributed by atoms with Crippen molar-refractivity contribution in [1.29, 1.82) is 0 Å². The Balaban J connectivity index is 2.11. The third kappa shape index (κ3) is 2.05. The zero-order chi connectivity index (χ0) is 9.80. The van der Waals surface area contributed by atoms with Crippen LogP contribution >= 0.6 is 0 Å². The topological polar surface area (TPSA) is 9.23 Å². The first-order valence-corrected chi connectivity index (χ1v) is 4.96. The minimum atomic E-state index is 0.486. The van der Waals surface area contributed by atoms with Crippen LogP contribution in [0.3, 0.4) is 0 Å². The SMILES string of the molecule is CC1CC=CC=C1Oc1ccccc1. The molecule has 1 aromatic rings. The molecule has 0 aliphatic heterocycles. The van der Waals surface area contributed by atoms with Crippen LogP contribution in [0.4, 0.5) is 0 Å². The molecule has 1 aliphatic rings. The normalized spacial score (nSPS) is 20.4. The van der Waals surface area contributed by atoms with Crippen molar-refractivity contribution in [2.24, 2.45) is 5.92 Å². The second-order valence-corrected chi connectivity index (χ2v) is 3.55. The van der Waals surface area contributed by atoms with Crippen LogP contribution in [-0.4, -0.2) is 0 Å². The molecule has 1 heteroatoms. The average molecular weight is 186 g/mol. The van der Waals surface area contributed by atoms with Crippen LogP contribution in [0, 0.1) is 5.92 Å². The van der Waals surface area contributed by atoms with Crippen LogP contribution in [-0.2, 0) is 0 Å². The Hall–Kier alpha value is -1.50. The predicted molar refractivity (Wildman–Crippen MR) is 58.1 cm³/mol. The molecule has 0 spiro atoms. The summed E-state index contributed by atoms with van der Waals surface area (Å²) in [5.41, 5.74) is 0. The van der Waals surface area contributed by atoms with Crippen LogP contribution in [0.2, 0.25) is 0 Å². The first kappa shape index (κ1) is 9.07. The van der Waals surface area contributed by atoms with Gasteiger partial charge in [0.2, 0.25) is 0 Å². The molecule has 0 bridgehead atoms. The van der Waals surface area contributed by atoms with Gasteiger partial charge in [0.15, 0.2) is 0 Å². The van der Waals surface area contributed by atoms with E-state index in [-0.39, 0.29) is 0 Å². The third-order valence-electron chi connectivity index (χ3n) is 2.35. The van der Waals surface area contributed by atoms with Gasteiger partial charge in [-0.1, -0.05) is 37.3 Å². The van der Waals surface area contributed by atoms with E-state index < -0.39 is 0 Å². The van der Waals surface area contributed by atoms with Crippen molar-refractivity contribution in [3.63, 3.8) is 0 Å². The van der Waals surface area contributed by atoms with Gasteiger partial charge in [-0.15, -0.1) is 0 Å². The number of hydrogen-bond donors (Lipinski definition) is 0. The molecule has 0 radical (unpaired) electrons. The molecular formula is C13H14O. The Morgan fingerprint density at radius 1 is 1.21 bits per heavy atom.